The number of aryl methyl sites for hydroxylation is 2. The molecule has 1 N–H and O–H groups in total. The minimum absolute atomic E-state index is 0.0131. The fourth-order valence-electron chi connectivity index (χ4n) is 2.59. The number of nitrogens with zero attached hydrogens (tertiary/aromatic N) is 1. The number of fused-ring (bicyclic) bond motifs is 1. The van der Waals surface area contributed by atoms with E-state index in [2.05, 4.69) is 5.32 Å². The van der Waals surface area contributed by atoms with Gasteiger partial charge in [0.05, 0.1) is 0 Å². The van der Waals surface area contributed by atoms with E-state index in [4.69, 9.17) is 11.6 Å². The van der Waals surface area contributed by atoms with Gasteiger partial charge in [-0.05, 0) is 37.6 Å². The largest absolute Gasteiger partial charge is 0.325 e. The molecule has 1 aliphatic heterocycles. The van der Waals surface area contributed by atoms with Crippen LogP contribution in [0.1, 0.15) is 21.2 Å². The van der Waals surface area contributed by atoms with Gasteiger partial charge in [-0.3, -0.25) is 9.59 Å². The van der Waals surface area contributed by atoms with Crippen molar-refractivity contribution in [2.24, 2.45) is 0 Å². The van der Waals surface area contributed by atoms with Gasteiger partial charge in [0.2, 0.25) is 5.91 Å². The molecule has 1 aromatic heterocycles. The Morgan fingerprint density at radius 1 is 1.28 bits per heavy atom. The summed E-state index contributed by atoms with van der Waals surface area (Å²) in [5, 5.41) is 3.14. The molecule has 2 amide bonds. The van der Waals surface area contributed by atoms with Crippen molar-refractivity contribution >= 4 is 50.5 Å². The first-order valence-electron chi connectivity index (χ1n) is 7.33. The maximum atomic E-state index is 12.7. The lowest BCUT2D eigenvalue weighted by molar-refractivity contribution is -0.132. The normalized spacial score (nSPS) is 18.8. The van der Waals surface area contributed by atoms with Crippen molar-refractivity contribution in [3.63, 3.8) is 0 Å². The van der Waals surface area contributed by atoms with Crippen LogP contribution in [0.2, 0.25) is 5.02 Å². The smallest absolute Gasteiger partial charge is 0.267 e. The van der Waals surface area contributed by atoms with Crippen LogP contribution in [0, 0.1) is 13.8 Å². The van der Waals surface area contributed by atoms with Gasteiger partial charge in [-0.1, -0.05) is 17.7 Å². The highest BCUT2D eigenvalue weighted by Gasteiger charge is 2.46. The fraction of sp³-hybridized carbons (Fsp3) is 0.250. The lowest BCUT2D eigenvalue weighted by Gasteiger charge is -2.28. The summed E-state index contributed by atoms with van der Waals surface area (Å²) in [6.07, 6.45) is 0. The summed E-state index contributed by atoms with van der Waals surface area (Å²) in [6, 6.07) is 6.50. The van der Waals surface area contributed by atoms with Gasteiger partial charge in [0.15, 0.2) is 5.92 Å². The van der Waals surface area contributed by atoms with Crippen LogP contribution in [0.5, 0.6) is 0 Å². The number of likely N-dealkylation sites (N-methyl/N-ethyl adjacent to an activating group) is 1. The molecule has 3 rings (SSSR count). The van der Waals surface area contributed by atoms with Gasteiger partial charge in [0.25, 0.3) is 15.9 Å². The number of nitrogens with one attached hydrogen (secondary N) is 1. The highest BCUT2D eigenvalue weighted by molar-refractivity contribution is 7.90. The molecule has 0 saturated heterocycles. The van der Waals surface area contributed by atoms with E-state index in [0.29, 0.717) is 19.9 Å². The Kier molecular flexibility index (Phi) is 4.38. The highest BCUT2D eigenvalue weighted by atomic mass is 35.5. The molecule has 0 saturated carbocycles. The molecule has 2 heterocycles. The minimum atomic E-state index is -3.91. The monoisotopic (exact) mass is 398 g/mol. The zero-order valence-electron chi connectivity index (χ0n) is 13.7. The van der Waals surface area contributed by atoms with E-state index in [0.717, 1.165) is 23.9 Å². The van der Waals surface area contributed by atoms with Crippen LogP contribution in [0.15, 0.2) is 29.2 Å². The Balaban J connectivity index is 2.01. The summed E-state index contributed by atoms with van der Waals surface area (Å²) in [4.78, 5) is 26.2. The number of carbonyl (C=O) groups is 2. The van der Waals surface area contributed by atoms with Gasteiger partial charge in [0.1, 0.15) is 4.90 Å². The quantitative estimate of drug-likeness (QED) is 0.788. The van der Waals surface area contributed by atoms with E-state index in [1.54, 1.807) is 25.1 Å². The molecule has 0 spiro atoms. The Hall–Kier alpha value is -1.90. The molecule has 0 radical (unpaired) electrons. The third-order valence-electron chi connectivity index (χ3n) is 4.01. The Bertz CT molecular complexity index is 998. The van der Waals surface area contributed by atoms with Crippen molar-refractivity contribution in [2.45, 2.75) is 24.7 Å². The standard InChI is InChI=1S/C16H15ClN2O4S2/c1-8-4-5-10(7-11(8)17)18-15(20)13-14-12(6-9(2)24-14)25(22,23)19(3)16(13)21/h4-7,13H,1-3H3,(H,18,20). The summed E-state index contributed by atoms with van der Waals surface area (Å²) >= 11 is 7.19. The number of benzene rings is 1. The molecule has 25 heavy (non-hydrogen) atoms. The molecule has 1 aliphatic rings. The van der Waals surface area contributed by atoms with Crippen molar-refractivity contribution in [2.75, 3.05) is 12.4 Å². The van der Waals surface area contributed by atoms with E-state index in [1.807, 2.05) is 6.92 Å². The number of thiophene rings is 1. The molecule has 2 aromatic rings. The third-order valence-corrected chi connectivity index (χ3v) is 7.45. The predicted octanol–water partition coefficient (Wildman–Crippen LogP) is 2.90. The molecule has 1 unspecified atom stereocenters. The molecule has 9 heteroatoms. The molecule has 132 valence electrons. The second-order valence-corrected chi connectivity index (χ2v) is 9.42. The van der Waals surface area contributed by atoms with Crippen LogP contribution in [-0.2, 0) is 19.6 Å². The first-order valence-corrected chi connectivity index (χ1v) is 9.96. The summed E-state index contributed by atoms with van der Waals surface area (Å²) in [5.74, 6) is -2.57. The Labute approximate surface area is 154 Å². The summed E-state index contributed by atoms with van der Waals surface area (Å²) < 4.78 is 25.4. The number of rotatable bonds is 2. The number of carbonyl (C=O) groups excluding carboxylic acids is 2. The van der Waals surface area contributed by atoms with Crippen LogP contribution < -0.4 is 5.32 Å². The second-order valence-electron chi connectivity index (χ2n) is 5.78. The molecule has 0 aliphatic carbocycles. The van der Waals surface area contributed by atoms with E-state index in [-0.39, 0.29) is 9.77 Å². The first-order chi connectivity index (χ1) is 11.6. The molecule has 6 nitrogen and oxygen atoms in total. The van der Waals surface area contributed by atoms with Crippen LogP contribution in [0.3, 0.4) is 0 Å². The van der Waals surface area contributed by atoms with Crippen LogP contribution in [-0.4, -0.2) is 31.6 Å². The molecule has 1 aromatic carbocycles. The van der Waals surface area contributed by atoms with Crippen molar-refractivity contribution < 1.29 is 18.0 Å². The number of hydrogen-bond acceptors (Lipinski definition) is 5. The number of sulfonamides is 1. The third kappa shape index (κ3) is 2.94. The zero-order valence-corrected chi connectivity index (χ0v) is 16.1. The van der Waals surface area contributed by atoms with Gasteiger partial charge < -0.3 is 5.32 Å². The van der Waals surface area contributed by atoms with Crippen molar-refractivity contribution in [3.05, 3.63) is 44.6 Å². The van der Waals surface area contributed by atoms with E-state index in [9.17, 15) is 18.0 Å². The van der Waals surface area contributed by atoms with Gasteiger partial charge in [-0.15, -0.1) is 11.3 Å². The lowest BCUT2D eigenvalue weighted by Crippen LogP contribution is -2.45. The number of halogens is 1. The molecule has 0 fully saturated rings. The lowest BCUT2D eigenvalue weighted by atomic mass is 10.1. The molecular weight excluding hydrogens is 384 g/mol. The molecule has 0 bridgehead atoms. The zero-order chi connectivity index (χ0) is 18.5. The summed E-state index contributed by atoms with van der Waals surface area (Å²) in [7, 11) is -2.74. The van der Waals surface area contributed by atoms with Gasteiger partial charge >= 0.3 is 0 Å². The van der Waals surface area contributed by atoms with Gasteiger partial charge in [-0.2, -0.15) is 0 Å². The van der Waals surface area contributed by atoms with Crippen LogP contribution >= 0.6 is 22.9 Å². The van der Waals surface area contributed by atoms with Gasteiger partial charge in [-0.25, -0.2) is 12.7 Å². The Morgan fingerprint density at radius 3 is 2.60 bits per heavy atom. The second kappa shape index (κ2) is 6.12. The van der Waals surface area contributed by atoms with Crippen LogP contribution in [0.4, 0.5) is 5.69 Å². The maximum absolute atomic E-state index is 12.7. The van der Waals surface area contributed by atoms with E-state index < -0.39 is 27.8 Å². The highest BCUT2D eigenvalue weighted by Crippen LogP contribution is 2.40. The van der Waals surface area contributed by atoms with E-state index in [1.165, 1.54) is 6.07 Å². The van der Waals surface area contributed by atoms with Crippen molar-refractivity contribution in [1.82, 2.24) is 4.31 Å². The van der Waals surface area contributed by atoms with E-state index >= 15 is 0 Å². The summed E-state index contributed by atoms with van der Waals surface area (Å²) in [6.45, 7) is 3.57. The Morgan fingerprint density at radius 2 is 1.96 bits per heavy atom. The first kappa shape index (κ1) is 17.9. The average Bonchev–Trinajstić information content (AvgIpc) is 2.92. The number of hydrogen-bond donors (Lipinski definition) is 1. The molecule has 1 atom stereocenters. The van der Waals surface area contributed by atoms with Crippen molar-refractivity contribution in [3.8, 4) is 0 Å². The average molecular weight is 399 g/mol. The van der Waals surface area contributed by atoms with Crippen LogP contribution in [0.25, 0.3) is 0 Å². The predicted molar refractivity (Wildman–Crippen MR) is 96.6 cm³/mol. The fourth-order valence-corrected chi connectivity index (χ4v) is 5.63. The minimum Gasteiger partial charge on any atom is -0.325 e. The number of amides is 2. The summed E-state index contributed by atoms with van der Waals surface area (Å²) in [5.41, 5.74) is 1.30. The SMILES string of the molecule is Cc1cc2c(s1)C(C(=O)Nc1ccc(C)c(Cl)c1)C(=O)N(C)S2(=O)=O. The topological polar surface area (TPSA) is 83.6 Å². The maximum Gasteiger partial charge on any atom is 0.267 e. The van der Waals surface area contributed by atoms with Gasteiger partial charge in [0, 0.05) is 27.5 Å². The van der Waals surface area contributed by atoms with Crippen molar-refractivity contribution in [1.29, 1.82) is 0 Å². The molecular formula is C16H15ClN2O4S2. The number of anilines is 1.